The van der Waals surface area contributed by atoms with Crippen molar-refractivity contribution in [2.24, 2.45) is 17.8 Å². The number of fused-ring (bicyclic) bond motifs is 1. The zero-order valence-corrected chi connectivity index (χ0v) is 12.4. The summed E-state index contributed by atoms with van der Waals surface area (Å²) in [6.45, 7) is 3.13. The molecule has 0 aromatic heterocycles. The SMILES string of the molecule is COC(=O)C(CN1C(=O)C2CC(C)CC2C1=O)NC(C)=O. The molecule has 0 aromatic carbocycles. The van der Waals surface area contributed by atoms with Crippen LogP contribution in [0.3, 0.4) is 0 Å². The fourth-order valence-corrected chi connectivity index (χ4v) is 3.28. The number of methoxy groups -OCH3 is 1. The zero-order valence-electron chi connectivity index (χ0n) is 12.4. The number of nitrogens with zero attached hydrogens (tertiary/aromatic N) is 1. The Kier molecular flexibility index (Phi) is 4.29. The summed E-state index contributed by atoms with van der Waals surface area (Å²) in [4.78, 5) is 48.5. The quantitative estimate of drug-likeness (QED) is 0.568. The third-order valence-corrected chi connectivity index (χ3v) is 4.19. The van der Waals surface area contributed by atoms with E-state index in [1.54, 1.807) is 0 Å². The van der Waals surface area contributed by atoms with Crippen molar-refractivity contribution in [3.8, 4) is 0 Å². The average Bonchev–Trinajstić information content (AvgIpc) is 2.90. The van der Waals surface area contributed by atoms with Crippen molar-refractivity contribution >= 4 is 23.7 Å². The first-order chi connectivity index (χ1) is 9.85. The van der Waals surface area contributed by atoms with Crippen molar-refractivity contribution < 1.29 is 23.9 Å². The van der Waals surface area contributed by atoms with Gasteiger partial charge < -0.3 is 10.1 Å². The molecule has 1 saturated heterocycles. The van der Waals surface area contributed by atoms with Gasteiger partial charge in [0.1, 0.15) is 6.04 Å². The number of likely N-dealkylation sites (tertiary alicyclic amines) is 1. The Bertz CT molecular complexity index is 466. The summed E-state index contributed by atoms with van der Waals surface area (Å²) in [5.74, 6) is -1.76. The van der Waals surface area contributed by atoms with Crippen LogP contribution in [0.25, 0.3) is 0 Å². The van der Waals surface area contributed by atoms with Crippen LogP contribution in [0.5, 0.6) is 0 Å². The van der Waals surface area contributed by atoms with Gasteiger partial charge in [0.05, 0.1) is 25.5 Å². The van der Waals surface area contributed by atoms with E-state index in [2.05, 4.69) is 10.1 Å². The monoisotopic (exact) mass is 296 g/mol. The standard InChI is InChI=1S/C14H20N2O5/c1-7-4-9-10(5-7)13(19)16(12(9)18)6-11(14(20)21-3)15-8(2)17/h7,9-11H,4-6H2,1-3H3,(H,15,17). The van der Waals surface area contributed by atoms with Crippen LogP contribution in [0.4, 0.5) is 0 Å². The Hall–Kier alpha value is -1.92. The molecule has 1 saturated carbocycles. The number of hydrogen-bond acceptors (Lipinski definition) is 5. The molecule has 0 aromatic rings. The molecule has 0 spiro atoms. The maximum atomic E-state index is 12.3. The highest BCUT2D eigenvalue weighted by atomic mass is 16.5. The van der Waals surface area contributed by atoms with E-state index in [4.69, 9.17) is 0 Å². The summed E-state index contributed by atoms with van der Waals surface area (Å²) in [5, 5.41) is 2.41. The first-order valence-corrected chi connectivity index (χ1v) is 7.05. The highest BCUT2D eigenvalue weighted by molar-refractivity contribution is 6.06. The van der Waals surface area contributed by atoms with Gasteiger partial charge in [-0.25, -0.2) is 4.79 Å². The lowest BCUT2D eigenvalue weighted by Crippen LogP contribution is -2.50. The predicted octanol–water partition coefficient (Wildman–Crippen LogP) is -0.305. The Labute approximate surface area is 123 Å². The van der Waals surface area contributed by atoms with Crippen LogP contribution in [0.2, 0.25) is 0 Å². The summed E-state index contributed by atoms with van der Waals surface area (Å²) in [7, 11) is 1.20. The molecule has 3 amide bonds. The summed E-state index contributed by atoms with van der Waals surface area (Å²) in [6, 6.07) is -1.02. The summed E-state index contributed by atoms with van der Waals surface area (Å²) >= 11 is 0. The largest absolute Gasteiger partial charge is 0.467 e. The van der Waals surface area contributed by atoms with E-state index in [1.807, 2.05) is 6.92 Å². The van der Waals surface area contributed by atoms with Gasteiger partial charge in [0.2, 0.25) is 17.7 Å². The molecule has 3 atom stereocenters. The van der Waals surface area contributed by atoms with E-state index >= 15 is 0 Å². The zero-order chi connectivity index (χ0) is 15.7. The maximum Gasteiger partial charge on any atom is 0.330 e. The van der Waals surface area contributed by atoms with Crippen molar-refractivity contribution in [3.05, 3.63) is 0 Å². The first-order valence-electron chi connectivity index (χ1n) is 7.05. The van der Waals surface area contributed by atoms with E-state index in [1.165, 1.54) is 14.0 Å². The number of nitrogens with one attached hydrogen (secondary N) is 1. The van der Waals surface area contributed by atoms with Gasteiger partial charge in [-0.1, -0.05) is 6.92 Å². The molecule has 2 aliphatic rings. The van der Waals surface area contributed by atoms with E-state index in [0.29, 0.717) is 18.8 Å². The highest BCUT2D eigenvalue weighted by Crippen LogP contribution is 2.42. The minimum Gasteiger partial charge on any atom is -0.467 e. The van der Waals surface area contributed by atoms with Gasteiger partial charge in [-0.2, -0.15) is 0 Å². The summed E-state index contributed by atoms with van der Waals surface area (Å²) < 4.78 is 4.60. The summed E-state index contributed by atoms with van der Waals surface area (Å²) in [6.07, 6.45) is 1.41. The van der Waals surface area contributed by atoms with E-state index < -0.39 is 17.9 Å². The third-order valence-electron chi connectivity index (χ3n) is 4.19. The number of ether oxygens (including phenoxy) is 1. The predicted molar refractivity (Wildman–Crippen MR) is 71.7 cm³/mol. The molecule has 0 bridgehead atoms. The molecule has 1 N–H and O–H groups in total. The molecular weight excluding hydrogens is 276 g/mol. The van der Waals surface area contributed by atoms with E-state index in [9.17, 15) is 19.2 Å². The van der Waals surface area contributed by atoms with Crippen LogP contribution in [-0.4, -0.2) is 48.3 Å². The molecule has 7 heteroatoms. The van der Waals surface area contributed by atoms with Crippen molar-refractivity contribution in [3.63, 3.8) is 0 Å². The molecular formula is C14H20N2O5. The van der Waals surface area contributed by atoms with Crippen LogP contribution in [0.1, 0.15) is 26.7 Å². The van der Waals surface area contributed by atoms with Crippen LogP contribution in [0, 0.1) is 17.8 Å². The minimum absolute atomic E-state index is 0.161. The lowest BCUT2D eigenvalue weighted by Gasteiger charge is -2.22. The number of carbonyl (C=O) groups is 4. The number of amides is 3. The lowest BCUT2D eigenvalue weighted by atomic mass is 10.00. The first kappa shape index (κ1) is 15.5. The second-order valence-corrected chi connectivity index (χ2v) is 5.85. The number of imide groups is 1. The van der Waals surface area contributed by atoms with Gasteiger partial charge in [0.25, 0.3) is 0 Å². The van der Waals surface area contributed by atoms with Crippen LogP contribution in [-0.2, 0) is 23.9 Å². The Morgan fingerprint density at radius 1 is 1.29 bits per heavy atom. The molecule has 7 nitrogen and oxygen atoms in total. The average molecular weight is 296 g/mol. The maximum absolute atomic E-state index is 12.3. The second kappa shape index (κ2) is 5.83. The number of hydrogen-bond donors (Lipinski definition) is 1. The molecule has 21 heavy (non-hydrogen) atoms. The Balaban J connectivity index is 2.11. The minimum atomic E-state index is -1.02. The number of carbonyl (C=O) groups excluding carboxylic acids is 4. The van der Waals surface area contributed by atoms with Crippen molar-refractivity contribution in [1.82, 2.24) is 10.2 Å². The van der Waals surface area contributed by atoms with Gasteiger partial charge in [-0.3, -0.25) is 19.3 Å². The van der Waals surface area contributed by atoms with Gasteiger partial charge in [-0.05, 0) is 18.8 Å². The number of esters is 1. The second-order valence-electron chi connectivity index (χ2n) is 5.85. The summed E-state index contributed by atoms with van der Waals surface area (Å²) in [5.41, 5.74) is 0. The Morgan fingerprint density at radius 2 is 1.81 bits per heavy atom. The third kappa shape index (κ3) is 2.91. The van der Waals surface area contributed by atoms with E-state index in [-0.39, 0.29) is 30.2 Å². The van der Waals surface area contributed by atoms with Gasteiger partial charge in [0, 0.05) is 6.92 Å². The molecule has 1 aliphatic heterocycles. The molecule has 2 fully saturated rings. The van der Waals surface area contributed by atoms with Crippen molar-refractivity contribution in [2.45, 2.75) is 32.7 Å². The molecule has 3 unspecified atom stereocenters. The molecule has 1 heterocycles. The lowest BCUT2D eigenvalue weighted by molar-refractivity contribution is -0.148. The van der Waals surface area contributed by atoms with Gasteiger partial charge in [0.15, 0.2) is 0 Å². The Morgan fingerprint density at radius 3 is 2.24 bits per heavy atom. The normalized spacial score (nSPS) is 29.3. The fraction of sp³-hybridized carbons (Fsp3) is 0.714. The molecule has 0 radical (unpaired) electrons. The smallest absolute Gasteiger partial charge is 0.330 e. The molecule has 2 rings (SSSR count). The van der Waals surface area contributed by atoms with Gasteiger partial charge >= 0.3 is 5.97 Å². The van der Waals surface area contributed by atoms with Crippen molar-refractivity contribution in [1.29, 1.82) is 0 Å². The van der Waals surface area contributed by atoms with E-state index in [0.717, 1.165) is 4.90 Å². The van der Waals surface area contributed by atoms with Crippen LogP contribution in [0.15, 0.2) is 0 Å². The topological polar surface area (TPSA) is 92.8 Å². The highest BCUT2D eigenvalue weighted by Gasteiger charge is 2.52. The molecule has 116 valence electrons. The van der Waals surface area contributed by atoms with Gasteiger partial charge in [-0.15, -0.1) is 0 Å². The van der Waals surface area contributed by atoms with Crippen molar-refractivity contribution in [2.75, 3.05) is 13.7 Å². The van der Waals surface area contributed by atoms with Crippen LogP contribution >= 0.6 is 0 Å². The van der Waals surface area contributed by atoms with Crippen LogP contribution < -0.4 is 5.32 Å². The number of rotatable bonds is 4. The fourth-order valence-electron chi connectivity index (χ4n) is 3.28. The molecule has 1 aliphatic carbocycles.